The molecule has 0 saturated heterocycles. The third-order valence-electron chi connectivity index (χ3n) is 4.37. The van der Waals surface area contributed by atoms with Crippen molar-refractivity contribution in [3.05, 3.63) is 63.7 Å². The van der Waals surface area contributed by atoms with Crippen molar-refractivity contribution >= 4 is 23.4 Å². The summed E-state index contributed by atoms with van der Waals surface area (Å²) in [6.07, 6.45) is 0.541. The number of amides is 1. The molecule has 0 fully saturated rings. The van der Waals surface area contributed by atoms with Gasteiger partial charge in [-0.1, -0.05) is 32.0 Å². The van der Waals surface area contributed by atoms with Gasteiger partial charge in [0.25, 0.3) is 0 Å². The number of hydrogen-bond acceptors (Lipinski definition) is 6. The van der Waals surface area contributed by atoms with E-state index in [1.165, 1.54) is 36.4 Å². The van der Waals surface area contributed by atoms with E-state index in [2.05, 4.69) is 5.32 Å². The van der Waals surface area contributed by atoms with E-state index < -0.39 is 22.4 Å². The Morgan fingerprint density at radius 3 is 2.34 bits per heavy atom. The molecule has 2 aromatic rings. The highest BCUT2D eigenvalue weighted by Crippen LogP contribution is 2.37. The monoisotopic (exact) mass is 471 g/mol. The van der Waals surface area contributed by atoms with Crippen LogP contribution < -0.4 is 15.8 Å². The molecule has 174 valence electrons. The van der Waals surface area contributed by atoms with Gasteiger partial charge in [-0.25, -0.2) is 0 Å². The van der Waals surface area contributed by atoms with Gasteiger partial charge in [-0.15, -0.1) is 0 Å². The maximum Gasteiger partial charge on any atom is 0.446 e. The SMILES string of the molecule is CC(C)CC(NCc1ccc(OCc2ccc(SC(F)(F)F)cc2)c([N+](=O)[O-])c1)C(N)=O. The topological polar surface area (TPSA) is 107 Å². The van der Waals surface area contributed by atoms with Crippen LogP contribution in [0, 0.1) is 16.0 Å². The molecule has 0 saturated carbocycles. The molecule has 0 radical (unpaired) electrons. The fourth-order valence-electron chi connectivity index (χ4n) is 2.90. The van der Waals surface area contributed by atoms with Crippen LogP contribution in [0.15, 0.2) is 47.4 Å². The van der Waals surface area contributed by atoms with Crippen LogP contribution in [-0.2, 0) is 17.9 Å². The molecule has 3 N–H and O–H groups in total. The van der Waals surface area contributed by atoms with Gasteiger partial charge in [0.1, 0.15) is 6.61 Å². The number of nitrogens with zero attached hydrogens (tertiary/aromatic N) is 1. The van der Waals surface area contributed by atoms with Crippen molar-refractivity contribution in [3.63, 3.8) is 0 Å². The van der Waals surface area contributed by atoms with Gasteiger partial charge < -0.3 is 15.8 Å². The number of hydrogen-bond donors (Lipinski definition) is 2. The van der Waals surface area contributed by atoms with Gasteiger partial charge >= 0.3 is 11.2 Å². The highest BCUT2D eigenvalue weighted by molar-refractivity contribution is 8.00. The van der Waals surface area contributed by atoms with Crippen LogP contribution in [0.3, 0.4) is 0 Å². The Hall–Kier alpha value is -2.79. The second-order valence-corrected chi connectivity index (χ2v) is 8.64. The molecular weight excluding hydrogens is 447 g/mol. The van der Waals surface area contributed by atoms with E-state index in [4.69, 9.17) is 10.5 Å². The summed E-state index contributed by atoms with van der Waals surface area (Å²) in [6.45, 7) is 4.07. The molecule has 1 unspecified atom stereocenters. The molecule has 2 aromatic carbocycles. The third-order valence-corrected chi connectivity index (χ3v) is 5.11. The minimum absolute atomic E-state index is 0.0288. The number of nitrogens with one attached hydrogen (secondary N) is 1. The van der Waals surface area contributed by atoms with Crippen molar-refractivity contribution in [1.82, 2.24) is 5.32 Å². The fourth-order valence-corrected chi connectivity index (χ4v) is 3.44. The predicted molar refractivity (Wildman–Crippen MR) is 115 cm³/mol. The lowest BCUT2D eigenvalue weighted by atomic mass is 10.0. The Kier molecular flexibility index (Phi) is 8.90. The Morgan fingerprint density at radius 2 is 1.81 bits per heavy atom. The summed E-state index contributed by atoms with van der Waals surface area (Å²) in [5.41, 5.74) is 1.91. The van der Waals surface area contributed by atoms with Crippen molar-refractivity contribution in [2.75, 3.05) is 0 Å². The number of benzene rings is 2. The molecular formula is C21H24F3N3O4S. The first-order valence-electron chi connectivity index (χ1n) is 9.72. The van der Waals surface area contributed by atoms with E-state index in [9.17, 15) is 28.1 Å². The molecule has 1 amide bonds. The maximum absolute atomic E-state index is 12.4. The van der Waals surface area contributed by atoms with Gasteiger partial charge in [-0.3, -0.25) is 14.9 Å². The maximum atomic E-state index is 12.4. The number of primary amides is 1. The minimum atomic E-state index is -4.37. The largest absolute Gasteiger partial charge is 0.482 e. The first kappa shape index (κ1) is 25.5. The molecule has 0 spiro atoms. The molecule has 0 heterocycles. The molecule has 11 heteroatoms. The lowest BCUT2D eigenvalue weighted by molar-refractivity contribution is -0.386. The van der Waals surface area contributed by atoms with Crippen LogP contribution in [0.4, 0.5) is 18.9 Å². The minimum Gasteiger partial charge on any atom is -0.482 e. The molecule has 0 aliphatic rings. The first-order valence-corrected chi connectivity index (χ1v) is 10.5. The van der Waals surface area contributed by atoms with Gasteiger partial charge in [0.15, 0.2) is 5.75 Å². The Bertz CT molecular complexity index is 937. The van der Waals surface area contributed by atoms with Crippen molar-refractivity contribution < 1.29 is 27.6 Å². The summed E-state index contributed by atoms with van der Waals surface area (Å²) in [5, 5.41) is 14.5. The number of rotatable bonds is 11. The van der Waals surface area contributed by atoms with Gasteiger partial charge in [0.2, 0.25) is 5.91 Å². The summed E-state index contributed by atoms with van der Waals surface area (Å²) >= 11 is -0.222. The highest BCUT2D eigenvalue weighted by atomic mass is 32.2. The zero-order valence-electron chi connectivity index (χ0n) is 17.5. The van der Waals surface area contributed by atoms with E-state index in [1.807, 2.05) is 13.8 Å². The van der Waals surface area contributed by atoms with E-state index in [0.717, 1.165) is 0 Å². The van der Waals surface area contributed by atoms with Gasteiger partial charge in [0.05, 0.1) is 11.0 Å². The summed E-state index contributed by atoms with van der Waals surface area (Å²) in [4.78, 5) is 22.5. The number of carbonyl (C=O) groups excluding carboxylic acids is 1. The molecule has 7 nitrogen and oxygen atoms in total. The number of halogens is 3. The standard InChI is InChI=1S/C21H24F3N3O4S/c1-13(2)9-17(20(25)28)26-11-15-5-8-19(18(10-15)27(29)30)31-12-14-3-6-16(7-4-14)32-21(22,23)24/h3-8,10,13,17,26H,9,11-12H2,1-2H3,(H2,25,28). The van der Waals surface area contributed by atoms with Crippen LogP contribution >= 0.6 is 11.8 Å². The molecule has 0 bridgehead atoms. The third kappa shape index (κ3) is 8.39. The van der Waals surface area contributed by atoms with Crippen molar-refractivity contribution in [1.29, 1.82) is 0 Å². The second-order valence-electron chi connectivity index (χ2n) is 7.51. The number of nitrogens with two attached hydrogens (primary N) is 1. The van der Waals surface area contributed by atoms with E-state index in [0.29, 0.717) is 17.5 Å². The molecule has 2 rings (SSSR count). The number of carbonyl (C=O) groups is 1. The van der Waals surface area contributed by atoms with Crippen LogP contribution in [-0.4, -0.2) is 22.4 Å². The van der Waals surface area contributed by atoms with Gasteiger partial charge in [-0.2, -0.15) is 13.2 Å². The summed E-state index contributed by atoms with van der Waals surface area (Å²) in [6, 6.07) is 9.44. The van der Waals surface area contributed by atoms with Crippen LogP contribution in [0.25, 0.3) is 0 Å². The number of alkyl halides is 3. The number of nitro groups is 1. The van der Waals surface area contributed by atoms with Crippen molar-refractivity contribution in [3.8, 4) is 5.75 Å². The van der Waals surface area contributed by atoms with Crippen molar-refractivity contribution in [2.45, 2.75) is 49.9 Å². The van der Waals surface area contributed by atoms with Gasteiger partial charge in [-0.05, 0) is 53.4 Å². The fraction of sp³-hybridized carbons (Fsp3) is 0.381. The molecule has 1 atom stereocenters. The molecule has 32 heavy (non-hydrogen) atoms. The Labute approximate surface area is 187 Å². The smallest absolute Gasteiger partial charge is 0.446 e. The first-order chi connectivity index (χ1) is 14.9. The number of nitro benzene ring substituents is 1. The zero-order chi connectivity index (χ0) is 23.9. The average molecular weight is 472 g/mol. The lowest BCUT2D eigenvalue weighted by Gasteiger charge is -2.17. The zero-order valence-corrected chi connectivity index (χ0v) is 18.3. The van der Waals surface area contributed by atoms with E-state index in [1.54, 1.807) is 6.07 Å². The van der Waals surface area contributed by atoms with Crippen LogP contribution in [0.5, 0.6) is 5.75 Å². The molecule has 0 aliphatic heterocycles. The molecule has 0 aliphatic carbocycles. The second kappa shape index (κ2) is 11.2. The number of ether oxygens (including phenoxy) is 1. The van der Waals surface area contributed by atoms with Crippen molar-refractivity contribution in [2.24, 2.45) is 11.7 Å². The summed E-state index contributed by atoms with van der Waals surface area (Å²) in [5.74, 6) is -0.222. The van der Waals surface area contributed by atoms with E-state index >= 15 is 0 Å². The number of thioether (sulfide) groups is 1. The lowest BCUT2D eigenvalue weighted by Crippen LogP contribution is -2.41. The van der Waals surface area contributed by atoms with Crippen LogP contribution in [0.2, 0.25) is 0 Å². The molecule has 0 aromatic heterocycles. The predicted octanol–water partition coefficient (Wildman–Crippen LogP) is 4.78. The highest BCUT2D eigenvalue weighted by Gasteiger charge is 2.29. The average Bonchev–Trinajstić information content (AvgIpc) is 2.69. The quantitative estimate of drug-likeness (QED) is 0.278. The van der Waals surface area contributed by atoms with E-state index in [-0.39, 0.29) is 47.2 Å². The Balaban J connectivity index is 2.05. The van der Waals surface area contributed by atoms with Crippen LogP contribution in [0.1, 0.15) is 31.4 Å². The summed E-state index contributed by atoms with van der Waals surface area (Å²) in [7, 11) is 0. The summed E-state index contributed by atoms with van der Waals surface area (Å²) < 4.78 is 42.7. The normalized spacial score (nSPS) is 12.6. The van der Waals surface area contributed by atoms with Gasteiger partial charge in [0, 0.05) is 17.5 Å². The Morgan fingerprint density at radius 1 is 1.19 bits per heavy atom.